The molecular weight excluding hydrogens is 415 g/mol. The van der Waals surface area contributed by atoms with E-state index in [4.69, 9.17) is 0 Å². The predicted octanol–water partition coefficient (Wildman–Crippen LogP) is 2.36. The number of rotatable bonds is 4. The number of nitrogens with one attached hydrogen (secondary N) is 1. The molecule has 1 aromatic carbocycles. The molecule has 7 heteroatoms. The van der Waals surface area contributed by atoms with Crippen LogP contribution >= 0.6 is 24.0 Å². The molecule has 1 aliphatic rings. The molecule has 0 unspecified atom stereocenters. The second-order valence-electron chi connectivity index (χ2n) is 5.97. The molecule has 24 heavy (non-hydrogen) atoms. The summed E-state index contributed by atoms with van der Waals surface area (Å²) in [6.07, 6.45) is 2.20. The average Bonchev–Trinajstić information content (AvgIpc) is 3.14. The van der Waals surface area contributed by atoms with Gasteiger partial charge in [-0.05, 0) is 24.5 Å². The molecule has 0 amide bonds. The van der Waals surface area contributed by atoms with Crippen LogP contribution < -0.4 is 5.32 Å². The van der Waals surface area contributed by atoms with E-state index in [9.17, 15) is 0 Å². The molecule has 0 aliphatic carbocycles. The summed E-state index contributed by atoms with van der Waals surface area (Å²) in [5.74, 6) is 2.96. The van der Waals surface area contributed by atoms with Gasteiger partial charge in [0.15, 0.2) is 11.8 Å². The highest BCUT2D eigenvalue weighted by atomic mass is 127. The minimum atomic E-state index is 0. The molecule has 0 saturated carbocycles. The lowest BCUT2D eigenvalue weighted by atomic mass is 10.1. The molecule has 0 saturated heterocycles. The Bertz CT molecular complexity index is 709. The Labute approximate surface area is 160 Å². The molecular formula is C17H25IN6. The zero-order valence-electron chi connectivity index (χ0n) is 14.5. The van der Waals surface area contributed by atoms with E-state index in [1.165, 1.54) is 17.5 Å². The number of halogens is 1. The molecule has 1 aromatic heterocycles. The lowest BCUT2D eigenvalue weighted by Gasteiger charge is -2.22. The number of aryl methyl sites for hydroxylation is 2. The topological polar surface area (TPSA) is 58.3 Å². The number of hydrogen-bond acceptors (Lipinski definition) is 3. The zero-order valence-corrected chi connectivity index (χ0v) is 16.8. The Balaban J connectivity index is 0.00000208. The van der Waals surface area contributed by atoms with Crippen LogP contribution in [0.25, 0.3) is 0 Å². The van der Waals surface area contributed by atoms with Crippen LogP contribution in [0.3, 0.4) is 0 Å². The van der Waals surface area contributed by atoms with Crippen molar-refractivity contribution in [1.29, 1.82) is 0 Å². The van der Waals surface area contributed by atoms with Gasteiger partial charge in [-0.3, -0.25) is 4.99 Å². The average molecular weight is 440 g/mol. The minimum absolute atomic E-state index is 0. The van der Waals surface area contributed by atoms with Crippen LogP contribution in [0.15, 0.2) is 29.3 Å². The van der Waals surface area contributed by atoms with Crippen molar-refractivity contribution in [3.63, 3.8) is 0 Å². The minimum Gasteiger partial charge on any atom is -0.349 e. The van der Waals surface area contributed by atoms with E-state index in [1.807, 2.05) is 7.05 Å². The predicted molar refractivity (Wildman–Crippen MR) is 107 cm³/mol. The fourth-order valence-electron chi connectivity index (χ4n) is 3.00. The van der Waals surface area contributed by atoms with Crippen LogP contribution in [0, 0.1) is 6.92 Å². The van der Waals surface area contributed by atoms with Gasteiger partial charge in [-0.25, -0.2) is 0 Å². The molecule has 2 aromatic rings. The summed E-state index contributed by atoms with van der Waals surface area (Å²) in [6, 6.07) is 8.44. The first kappa shape index (κ1) is 18.7. The maximum Gasteiger partial charge on any atom is 0.194 e. The lowest BCUT2D eigenvalue weighted by molar-refractivity contribution is 0.472. The third kappa shape index (κ3) is 4.06. The molecule has 6 nitrogen and oxygen atoms in total. The largest absolute Gasteiger partial charge is 0.349 e. The molecule has 2 heterocycles. The van der Waals surface area contributed by atoms with Gasteiger partial charge in [0.05, 0.1) is 6.54 Å². The van der Waals surface area contributed by atoms with E-state index < -0.39 is 0 Å². The summed E-state index contributed by atoms with van der Waals surface area (Å²) >= 11 is 0. The maximum atomic E-state index is 4.38. The second-order valence-corrected chi connectivity index (χ2v) is 5.97. The van der Waals surface area contributed by atoms with Crippen LogP contribution in [-0.2, 0) is 26.1 Å². The smallest absolute Gasteiger partial charge is 0.194 e. The maximum absolute atomic E-state index is 4.38. The van der Waals surface area contributed by atoms with E-state index in [1.54, 1.807) is 0 Å². The molecule has 0 atom stereocenters. The molecule has 0 spiro atoms. The van der Waals surface area contributed by atoms with E-state index in [0.29, 0.717) is 6.54 Å². The van der Waals surface area contributed by atoms with E-state index >= 15 is 0 Å². The Kier molecular flexibility index (Phi) is 6.59. The van der Waals surface area contributed by atoms with Gasteiger partial charge in [0.25, 0.3) is 0 Å². The van der Waals surface area contributed by atoms with Gasteiger partial charge in [-0.1, -0.05) is 24.3 Å². The van der Waals surface area contributed by atoms with Crippen molar-refractivity contribution in [3.05, 3.63) is 47.0 Å². The molecule has 130 valence electrons. The Morgan fingerprint density at radius 3 is 2.88 bits per heavy atom. The normalized spacial score (nSPS) is 13.4. The Hall–Kier alpha value is -1.64. The standard InChI is InChI=1S/C17H24N6.HI/c1-13-7-4-5-8-14(13)12-22(3)17(18-2)19-11-16-21-20-15-9-6-10-23(15)16;/h4-5,7-8H,6,9-12H2,1-3H3,(H,18,19);1H. The summed E-state index contributed by atoms with van der Waals surface area (Å²) in [6.45, 7) is 4.64. The van der Waals surface area contributed by atoms with Crippen LogP contribution in [0.5, 0.6) is 0 Å². The SMILES string of the molecule is CN=C(NCc1nnc2n1CCC2)N(C)Cc1ccccc1C.I. The van der Waals surface area contributed by atoms with E-state index in [2.05, 4.69) is 68.2 Å². The quantitative estimate of drug-likeness (QED) is 0.451. The highest BCUT2D eigenvalue weighted by molar-refractivity contribution is 14.0. The highest BCUT2D eigenvalue weighted by Gasteiger charge is 2.17. The molecule has 0 bridgehead atoms. The number of guanidine groups is 1. The monoisotopic (exact) mass is 440 g/mol. The number of hydrogen-bond donors (Lipinski definition) is 1. The number of nitrogens with zero attached hydrogens (tertiary/aromatic N) is 5. The molecule has 1 N–H and O–H groups in total. The lowest BCUT2D eigenvalue weighted by Crippen LogP contribution is -2.38. The van der Waals surface area contributed by atoms with Crippen molar-refractivity contribution < 1.29 is 0 Å². The first-order valence-corrected chi connectivity index (χ1v) is 8.06. The van der Waals surface area contributed by atoms with Gasteiger partial charge in [0.1, 0.15) is 5.82 Å². The first-order valence-electron chi connectivity index (χ1n) is 8.06. The van der Waals surface area contributed by atoms with Crippen LogP contribution in [-0.4, -0.2) is 39.7 Å². The second kappa shape index (κ2) is 8.46. The van der Waals surface area contributed by atoms with E-state index in [-0.39, 0.29) is 24.0 Å². The van der Waals surface area contributed by atoms with Crippen LogP contribution in [0.4, 0.5) is 0 Å². The summed E-state index contributed by atoms with van der Waals surface area (Å²) in [7, 11) is 3.86. The number of fused-ring (bicyclic) bond motifs is 1. The molecule has 0 fully saturated rings. The Morgan fingerprint density at radius 2 is 2.12 bits per heavy atom. The van der Waals surface area contributed by atoms with Gasteiger partial charge >= 0.3 is 0 Å². The molecule has 1 aliphatic heterocycles. The fourth-order valence-corrected chi connectivity index (χ4v) is 3.00. The molecule has 3 rings (SSSR count). The summed E-state index contributed by atoms with van der Waals surface area (Å²) in [5, 5.41) is 11.9. The number of aliphatic imine (C=N–C) groups is 1. The third-order valence-corrected chi connectivity index (χ3v) is 4.33. The summed E-state index contributed by atoms with van der Waals surface area (Å²) in [5.41, 5.74) is 2.60. The van der Waals surface area contributed by atoms with E-state index in [0.717, 1.165) is 37.1 Å². The molecule has 0 radical (unpaired) electrons. The van der Waals surface area contributed by atoms with Gasteiger partial charge in [0.2, 0.25) is 0 Å². The van der Waals surface area contributed by atoms with Crippen LogP contribution in [0.2, 0.25) is 0 Å². The van der Waals surface area contributed by atoms with Crippen molar-refractivity contribution in [1.82, 2.24) is 25.0 Å². The number of aromatic nitrogens is 3. The third-order valence-electron chi connectivity index (χ3n) is 4.33. The van der Waals surface area contributed by atoms with Crippen molar-refractivity contribution in [2.75, 3.05) is 14.1 Å². The van der Waals surface area contributed by atoms with Gasteiger partial charge in [0, 0.05) is 33.6 Å². The summed E-state index contributed by atoms with van der Waals surface area (Å²) in [4.78, 5) is 6.51. The fraction of sp³-hybridized carbons (Fsp3) is 0.471. The van der Waals surface area contributed by atoms with Gasteiger partial charge in [-0.15, -0.1) is 34.2 Å². The first-order chi connectivity index (χ1) is 11.2. The van der Waals surface area contributed by atoms with Gasteiger partial charge < -0.3 is 14.8 Å². The van der Waals surface area contributed by atoms with Gasteiger partial charge in [-0.2, -0.15) is 0 Å². The zero-order chi connectivity index (χ0) is 16.2. The Morgan fingerprint density at radius 1 is 1.33 bits per heavy atom. The summed E-state index contributed by atoms with van der Waals surface area (Å²) < 4.78 is 2.21. The van der Waals surface area contributed by atoms with Crippen LogP contribution in [0.1, 0.15) is 29.2 Å². The van der Waals surface area contributed by atoms with Crippen molar-refractivity contribution in [3.8, 4) is 0 Å². The highest BCUT2D eigenvalue weighted by Crippen LogP contribution is 2.14. The van der Waals surface area contributed by atoms with Crippen molar-refractivity contribution in [2.24, 2.45) is 4.99 Å². The van der Waals surface area contributed by atoms with Crippen molar-refractivity contribution in [2.45, 2.75) is 39.4 Å². The number of benzene rings is 1. The van der Waals surface area contributed by atoms with Crippen molar-refractivity contribution >= 4 is 29.9 Å².